The van der Waals surface area contributed by atoms with Gasteiger partial charge in [0.2, 0.25) is 0 Å². The molecule has 21 heavy (non-hydrogen) atoms. The maximum absolute atomic E-state index is 11.9. The summed E-state index contributed by atoms with van der Waals surface area (Å²) >= 11 is 23.5. The average molecular weight is 362 g/mol. The summed E-state index contributed by atoms with van der Waals surface area (Å²) in [6.07, 6.45) is 1.41. The van der Waals surface area contributed by atoms with Crippen molar-refractivity contribution >= 4 is 58.5 Å². The normalized spacial score (nSPS) is 10.9. The Morgan fingerprint density at radius 1 is 1.00 bits per heavy atom. The minimum Gasteiger partial charge on any atom is -0.267 e. The number of benzene rings is 2. The van der Waals surface area contributed by atoms with Crippen LogP contribution >= 0.6 is 46.4 Å². The standard InChI is InChI=1S/C14H8Cl4N2O/c15-10-5-4-8(6-12(10)17)14(21)20-19-7-9-2-1-3-11(16)13(9)18/h1-7H,(H,20,21). The van der Waals surface area contributed by atoms with Gasteiger partial charge >= 0.3 is 0 Å². The van der Waals surface area contributed by atoms with Gasteiger partial charge in [0.1, 0.15) is 0 Å². The first-order valence-electron chi connectivity index (χ1n) is 5.71. The van der Waals surface area contributed by atoms with Crippen LogP contribution in [0.3, 0.4) is 0 Å². The second kappa shape index (κ2) is 7.14. The van der Waals surface area contributed by atoms with Crippen molar-refractivity contribution in [2.24, 2.45) is 5.10 Å². The quantitative estimate of drug-likeness (QED) is 0.602. The Kier molecular flexibility index (Phi) is 5.48. The third-order valence-electron chi connectivity index (χ3n) is 2.53. The summed E-state index contributed by atoms with van der Waals surface area (Å²) in [5, 5.41) is 5.28. The van der Waals surface area contributed by atoms with Crippen molar-refractivity contribution in [3.63, 3.8) is 0 Å². The zero-order chi connectivity index (χ0) is 15.4. The SMILES string of the molecule is O=C(NN=Cc1cccc(Cl)c1Cl)c1ccc(Cl)c(Cl)c1. The van der Waals surface area contributed by atoms with E-state index in [4.69, 9.17) is 46.4 Å². The molecule has 0 radical (unpaired) electrons. The summed E-state index contributed by atoms with van der Waals surface area (Å²) in [6.45, 7) is 0. The van der Waals surface area contributed by atoms with Crippen molar-refractivity contribution in [1.29, 1.82) is 0 Å². The molecule has 1 amide bonds. The number of hydrogen-bond acceptors (Lipinski definition) is 2. The number of hydrogen-bond donors (Lipinski definition) is 1. The van der Waals surface area contributed by atoms with Crippen LogP contribution in [0.1, 0.15) is 15.9 Å². The fourth-order valence-electron chi connectivity index (χ4n) is 1.48. The van der Waals surface area contributed by atoms with E-state index < -0.39 is 5.91 Å². The largest absolute Gasteiger partial charge is 0.271 e. The molecule has 0 atom stereocenters. The predicted molar refractivity (Wildman–Crippen MR) is 88.0 cm³/mol. The summed E-state index contributed by atoms with van der Waals surface area (Å²) in [5.74, 6) is -0.414. The Hall–Kier alpha value is -1.26. The topological polar surface area (TPSA) is 41.5 Å². The Balaban J connectivity index is 2.08. The summed E-state index contributed by atoms with van der Waals surface area (Å²) in [7, 11) is 0. The van der Waals surface area contributed by atoms with Crippen LogP contribution in [0.25, 0.3) is 0 Å². The zero-order valence-electron chi connectivity index (χ0n) is 10.4. The Bertz CT molecular complexity index is 716. The van der Waals surface area contributed by atoms with E-state index in [1.165, 1.54) is 18.3 Å². The number of amides is 1. The number of nitrogens with one attached hydrogen (secondary N) is 1. The number of halogens is 4. The van der Waals surface area contributed by atoms with Crippen LogP contribution in [0.4, 0.5) is 0 Å². The molecular weight excluding hydrogens is 354 g/mol. The minimum absolute atomic E-state index is 0.297. The highest BCUT2D eigenvalue weighted by atomic mass is 35.5. The second-order valence-corrected chi connectivity index (χ2v) is 5.57. The van der Waals surface area contributed by atoms with Gasteiger partial charge in [0.25, 0.3) is 5.91 Å². The lowest BCUT2D eigenvalue weighted by atomic mass is 10.2. The highest BCUT2D eigenvalue weighted by molar-refractivity contribution is 6.43. The highest BCUT2D eigenvalue weighted by Gasteiger charge is 2.07. The predicted octanol–water partition coefficient (Wildman–Crippen LogP) is 5.06. The zero-order valence-corrected chi connectivity index (χ0v) is 13.4. The van der Waals surface area contributed by atoms with E-state index in [2.05, 4.69) is 10.5 Å². The number of rotatable bonds is 3. The molecule has 0 saturated heterocycles. The van der Waals surface area contributed by atoms with E-state index >= 15 is 0 Å². The molecule has 0 heterocycles. The maximum atomic E-state index is 11.9. The Morgan fingerprint density at radius 3 is 2.48 bits per heavy atom. The molecule has 0 saturated carbocycles. The molecule has 3 nitrogen and oxygen atoms in total. The molecule has 0 aliphatic rings. The van der Waals surface area contributed by atoms with E-state index in [-0.39, 0.29) is 0 Å². The number of carbonyl (C=O) groups excluding carboxylic acids is 1. The molecule has 108 valence electrons. The Morgan fingerprint density at radius 2 is 1.76 bits per heavy atom. The fourth-order valence-corrected chi connectivity index (χ4v) is 2.14. The van der Waals surface area contributed by atoms with E-state index in [0.717, 1.165) is 0 Å². The lowest BCUT2D eigenvalue weighted by Gasteiger charge is -2.02. The van der Waals surface area contributed by atoms with E-state index in [0.29, 0.717) is 31.2 Å². The minimum atomic E-state index is -0.414. The first-order valence-corrected chi connectivity index (χ1v) is 7.22. The molecule has 2 aromatic carbocycles. The van der Waals surface area contributed by atoms with Gasteiger partial charge in [-0.15, -0.1) is 0 Å². The summed E-state index contributed by atoms with van der Waals surface area (Å²) < 4.78 is 0. The summed E-state index contributed by atoms with van der Waals surface area (Å²) in [5.41, 5.74) is 3.31. The van der Waals surface area contributed by atoms with Crippen LogP contribution in [0.15, 0.2) is 41.5 Å². The maximum Gasteiger partial charge on any atom is 0.271 e. The van der Waals surface area contributed by atoms with Gasteiger partial charge in [-0.2, -0.15) is 5.10 Å². The lowest BCUT2D eigenvalue weighted by molar-refractivity contribution is 0.0955. The van der Waals surface area contributed by atoms with Crippen LogP contribution < -0.4 is 5.43 Å². The molecule has 0 aromatic heterocycles. The molecule has 0 unspecified atom stereocenters. The van der Waals surface area contributed by atoms with E-state index in [9.17, 15) is 4.79 Å². The lowest BCUT2D eigenvalue weighted by Crippen LogP contribution is -2.17. The van der Waals surface area contributed by atoms with Crippen LogP contribution in [0, 0.1) is 0 Å². The van der Waals surface area contributed by atoms with Crippen molar-refractivity contribution in [3.8, 4) is 0 Å². The van der Waals surface area contributed by atoms with Crippen LogP contribution in [0.2, 0.25) is 20.1 Å². The third kappa shape index (κ3) is 4.11. The Labute approximate surface area is 141 Å². The van der Waals surface area contributed by atoms with Crippen LogP contribution in [-0.4, -0.2) is 12.1 Å². The molecule has 2 aromatic rings. The van der Waals surface area contributed by atoms with Gasteiger partial charge in [0.15, 0.2) is 0 Å². The van der Waals surface area contributed by atoms with Crippen molar-refractivity contribution in [2.75, 3.05) is 0 Å². The fraction of sp³-hybridized carbons (Fsp3) is 0. The van der Waals surface area contributed by atoms with Gasteiger partial charge in [-0.25, -0.2) is 5.43 Å². The van der Waals surface area contributed by atoms with Crippen molar-refractivity contribution in [2.45, 2.75) is 0 Å². The summed E-state index contributed by atoms with van der Waals surface area (Å²) in [6, 6.07) is 9.66. The van der Waals surface area contributed by atoms with Gasteiger partial charge in [-0.1, -0.05) is 58.5 Å². The molecule has 0 aliphatic carbocycles. The first kappa shape index (κ1) is 16.1. The monoisotopic (exact) mass is 360 g/mol. The first-order chi connectivity index (χ1) is 9.99. The molecule has 0 spiro atoms. The average Bonchev–Trinajstić information content (AvgIpc) is 2.46. The second-order valence-electron chi connectivity index (χ2n) is 3.97. The van der Waals surface area contributed by atoms with Crippen molar-refractivity contribution < 1.29 is 4.79 Å². The van der Waals surface area contributed by atoms with Gasteiger partial charge < -0.3 is 0 Å². The molecular formula is C14H8Cl4N2O. The third-order valence-corrected chi connectivity index (χ3v) is 4.11. The molecule has 2 rings (SSSR count). The molecule has 0 aliphatic heterocycles. The van der Waals surface area contributed by atoms with E-state index in [1.54, 1.807) is 24.3 Å². The van der Waals surface area contributed by atoms with Gasteiger partial charge in [0.05, 0.1) is 26.3 Å². The van der Waals surface area contributed by atoms with Crippen LogP contribution in [0.5, 0.6) is 0 Å². The van der Waals surface area contributed by atoms with Crippen molar-refractivity contribution in [1.82, 2.24) is 5.43 Å². The van der Waals surface area contributed by atoms with Crippen LogP contribution in [-0.2, 0) is 0 Å². The molecule has 0 bridgehead atoms. The van der Waals surface area contributed by atoms with Gasteiger partial charge in [0, 0.05) is 11.1 Å². The molecule has 0 fully saturated rings. The molecule has 7 heteroatoms. The smallest absolute Gasteiger partial charge is 0.267 e. The number of nitrogens with zero attached hydrogens (tertiary/aromatic N) is 1. The summed E-state index contributed by atoms with van der Waals surface area (Å²) in [4.78, 5) is 11.9. The van der Waals surface area contributed by atoms with Crippen molar-refractivity contribution in [3.05, 3.63) is 67.6 Å². The van der Waals surface area contributed by atoms with Gasteiger partial charge in [-0.3, -0.25) is 4.79 Å². The van der Waals surface area contributed by atoms with E-state index in [1.807, 2.05) is 0 Å². The number of hydrazone groups is 1. The highest BCUT2D eigenvalue weighted by Crippen LogP contribution is 2.24. The molecule has 1 N–H and O–H groups in total. The van der Waals surface area contributed by atoms with Gasteiger partial charge in [-0.05, 0) is 24.3 Å². The number of carbonyl (C=O) groups is 1.